The van der Waals surface area contributed by atoms with Crippen LogP contribution in [-0.4, -0.2) is 30.1 Å². The zero-order valence-electron chi connectivity index (χ0n) is 11.5. The first-order valence-corrected chi connectivity index (χ1v) is 8.30. The minimum atomic E-state index is 0.613. The summed E-state index contributed by atoms with van der Waals surface area (Å²) in [7, 11) is 0. The number of rotatable bonds is 2. The second-order valence-electron chi connectivity index (χ2n) is 5.93. The van der Waals surface area contributed by atoms with E-state index in [1.54, 1.807) is 0 Å². The van der Waals surface area contributed by atoms with Crippen LogP contribution in [0.4, 0.5) is 5.69 Å². The van der Waals surface area contributed by atoms with Crippen LogP contribution in [-0.2, 0) is 0 Å². The number of hydrogen-bond donors (Lipinski definition) is 1. The molecule has 2 fully saturated rings. The smallest absolute Gasteiger partial charge is 0.0429 e. The summed E-state index contributed by atoms with van der Waals surface area (Å²) in [5, 5.41) is 6.43. The van der Waals surface area contributed by atoms with E-state index in [0.717, 1.165) is 6.04 Å². The molecule has 0 spiro atoms. The predicted octanol–water partition coefficient (Wildman–Crippen LogP) is 4.25. The Hall–Kier alpha value is -1.06. The van der Waals surface area contributed by atoms with Gasteiger partial charge in [0.1, 0.15) is 0 Å². The highest BCUT2D eigenvalue weighted by atomic mass is 79.9. The summed E-state index contributed by atoms with van der Waals surface area (Å²) < 4.78 is 1.17. The summed E-state index contributed by atoms with van der Waals surface area (Å²) in [5.41, 5.74) is 1.28. The molecule has 2 nitrogen and oxygen atoms in total. The highest BCUT2D eigenvalue weighted by molar-refractivity contribution is 9.10. The van der Waals surface area contributed by atoms with Crippen molar-refractivity contribution in [2.24, 2.45) is 0 Å². The Morgan fingerprint density at radius 2 is 1.85 bits per heavy atom. The normalized spacial score (nSPS) is 26.1. The second-order valence-corrected chi connectivity index (χ2v) is 6.78. The molecule has 0 bridgehead atoms. The molecule has 2 aromatic carbocycles. The molecule has 2 aliphatic rings. The quantitative estimate of drug-likeness (QED) is 0.885. The third-order valence-electron chi connectivity index (χ3n) is 4.82. The zero-order valence-corrected chi connectivity index (χ0v) is 13.1. The molecule has 1 N–H and O–H groups in total. The first kappa shape index (κ1) is 12.7. The van der Waals surface area contributed by atoms with E-state index in [1.165, 1.54) is 53.3 Å². The summed E-state index contributed by atoms with van der Waals surface area (Å²) in [6, 6.07) is 14.3. The average molecular weight is 331 g/mol. The Morgan fingerprint density at radius 1 is 1.00 bits per heavy atom. The standard InChI is InChI=1S/C17H19BrN2/c18-14-7-8-15(13-5-2-1-4-12(13)14)19-16-9-11-20-10-3-6-17(16)20/h1-2,4-5,7-8,16-17,19H,3,6,9-11H2. The third-order valence-corrected chi connectivity index (χ3v) is 5.51. The summed E-state index contributed by atoms with van der Waals surface area (Å²) in [6.07, 6.45) is 3.99. The third kappa shape index (κ3) is 2.04. The van der Waals surface area contributed by atoms with Gasteiger partial charge in [-0.05, 0) is 43.3 Å². The molecular formula is C17H19BrN2. The van der Waals surface area contributed by atoms with Crippen molar-refractivity contribution < 1.29 is 0 Å². The summed E-state index contributed by atoms with van der Waals surface area (Å²) in [4.78, 5) is 2.65. The number of nitrogens with zero attached hydrogens (tertiary/aromatic N) is 1. The van der Waals surface area contributed by atoms with Gasteiger partial charge in [0.05, 0.1) is 0 Å². The Kier molecular flexibility index (Phi) is 3.20. The van der Waals surface area contributed by atoms with E-state index < -0.39 is 0 Å². The lowest BCUT2D eigenvalue weighted by molar-refractivity contribution is 0.318. The molecule has 2 atom stereocenters. The Labute approximate surface area is 128 Å². The Bertz CT molecular complexity index is 640. The van der Waals surface area contributed by atoms with Crippen molar-refractivity contribution in [1.29, 1.82) is 0 Å². The lowest BCUT2D eigenvalue weighted by atomic mass is 10.0. The van der Waals surface area contributed by atoms with E-state index in [4.69, 9.17) is 0 Å². The SMILES string of the molecule is Brc1ccc(NC2CCN3CCCC23)c2ccccc12. The van der Waals surface area contributed by atoms with Gasteiger partial charge < -0.3 is 5.32 Å². The van der Waals surface area contributed by atoms with E-state index in [-0.39, 0.29) is 0 Å². The molecule has 0 aliphatic carbocycles. The van der Waals surface area contributed by atoms with E-state index in [9.17, 15) is 0 Å². The molecule has 2 aromatic rings. The fourth-order valence-corrected chi connectivity index (χ4v) is 4.32. The van der Waals surface area contributed by atoms with Crippen LogP contribution in [0.15, 0.2) is 40.9 Å². The van der Waals surface area contributed by atoms with Gasteiger partial charge >= 0.3 is 0 Å². The maximum absolute atomic E-state index is 3.82. The molecule has 2 unspecified atom stereocenters. The molecular weight excluding hydrogens is 312 g/mol. The van der Waals surface area contributed by atoms with Crippen LogP contribution in [0.25, 0.3) is 10.8 Å². The summed E-state index contributed by atoms with van der Waals surface area (Å²) in [5.74, 6) is 0. The molecule has 2 heterocycles. The molecule has 3 heteroatoms. The molecule has 0 radical (unpaired) electrons. The number of fused-ring (bicyclic) bond motifs is 2. The Balaban J connectivity index is 1.68. The first-order chi connectivity index (χ1) is 9.83. The predicted molar refractivity (Wildman–Crippen MR) is 88.3 cm³/mol. The van der Waals surface area contributed by atoms with Gasteiger partial charge in [-0.25, -0.2) is 0 Å². The van der Waals surface area contributed by atoms with Crippen LogP contribution in [0.1, 0.15) is 19.3 Å². The first-order valence-electron chi connectivity index (χ1n) is 7.51. The van der Waals surface area contributed by atoms with E-state index in [1.807, 2.05) is 0 Å². The zero-order chi connectivity index (χ0) is 13.5. The lowest BCUT2D eigenvalue weighted by Crippen LogP contribution is -2.33. The van der Waals surface area contributed by atoms with Crippen LogP contribution in [0.2, 0.25) is 0 Å². The van der Waals surface area contributed by atoms with Crippen molar-refractivity contribution in [1.82, 2.24) is 4.90 Å². The molecule has 2 aliphatic heterocycles. The molecule has 2 saturated heterocycles. The number of halogens is 1. The molecule has 104 valence electrons. The van der Waals surface area contributed by atoms with Gasteiger partial charge in [-0.2, -0.15) is 0 Å². The summed E-state index contributed by atoms with van der Waals surface area (Å²) >= 11 is 3.65. The number of anilines is 1. The van der Waals surface area contributed by atoms with Crippen LogP contribution in [0.5, 0.6) is 0 Å². The fraction of sp³-hybridized carbons (Fsp3) is 0.412. The molecule has 0 aromatic heterocycles. The second kappa shape index (κ2) is 5.05. The Morgan fingerprint density at radius 3 is 2.75 bits per heavy atom. The topological polar surface area (TPSA) is 15.3 Å². The number of hydrogen-bond acceptors (Lipinski definition) is 2. The van der Waals surface area contributed by atoms with Crippen molar-refractivity contribution >= 4 is 32.4 Å². The van der Waals surface area contributed by atoms with Gasteiger partial charge in [0.25, 0.3) is 0 Å². The minimum absolute atomic E-state index is 0.613. The maximum atomic E-state index is 3.82. The van der Waals surface area contributed by atoms with Crippen LogP contribution < -0.4 is 5.32 Å². The van der Waals surface area contributed by atoms with Crippen molar-refractivity contribution in [2.75, 3.05) is 18.4 Å². The van der Waals surface area contributed by atoms with E-state index in [0.29, 0.717) is 6.04 Å². The van der Waals surface area contributed by atoms with Crippen molar-refractivity contribution in [3.8, 4) is 0 Å². The van der Waals surface area contributed by atoms with E-state index in [2.05, 4.69) is 62.5 Å². The van der Waals surface area contributed by atoms with Gasteiger partial charge in [0.2, 0.25) is 0 Å². The van der Waals surface area contributed by atoms with Crippen molar-refractivity contribution in [2.45, 2.75) is 31.3 Å². The van der Waals surface area contributed by atoms with Crippen molar-refractivity contribution in [3.05, 3.63) is 40.9 Å². The highest BCUT2D eigenvalue weighted by Gasteiger charge is 2.37. The van der Waals surface area contributed by atoms with Crippen LogP contribution >= 0.6 is 15.9 Å². The molecule has 0 saturated carbocycles. The molecule has 4 rings (SSSR count). The number of nitrogens with one attached hydrogen (secondary N) is 1. The van der Waals surface area contributed by atoms with Gasteiger partial charge in [0.15, 0.2) is 0 Å². The average Bonchev–Trinajstić information content (AvgIpc) is 3.07. The molecule has 20 heavy (non-hydrogen) atoms. The minimum Gasteiger partial charge on any atom is -0.380 e. The fourth-order valence-electron chi connectivity index (χ4n) is 3.84. The van der Waals surface area contributed by atoms with Gasteiger partial charge in [-0.15, -0.1) is 0 Å². The molecule has 0 amide bonds. The number of benzene rings is 2. The largest absolute Gasteiger partial charge is 0.380 e. The maximum Gasteiger partial charge on any atom is 0.0429 e. The van der Waals surface area contributed by atoms with E-state index >= 15 is 0 Å². The van der Waals surface area contributed by atoms with Crippen LogP contribution in [0.3, 0.4) is 0 Å². The lowest BCUT2D eigenvalue weighted by Gasteiger charge is -2.23. The monoisotopic (exact) mass is 330 g/mol. The summed E-state index contributed by atoms with van der Waals surface area (Å²) in [6.45, 7) is 2.56. The van der Waals surface area contributed by atoms with Crippen molar-refractivity contribution in [3.63, 3.8) is 0 Å². The van der Waals surface area contributed by atoms with Gasteiger partial charge in [0, 0.05) is 34.2 Å². The van der Waals surface area contributed by atoms with Gasteiger partial charge in [-0.3, -0.25) is 4.90 Å². The van der Waals surface area contributed by atoms with Gasteiger partial charge in [-0.1, -0.05) is 40.2 Å². The van der Waals surface area contributed by atoms with Crippen LogP contribution in [0, 0.1) is 0 Å². The highest BCUT2D eigenvalue weighted by Crippen LogP contribution is 2.34.